The van der Waals surface area contributed by atoms with E-state index in [4.69, 9.17) is 4.74 Å². The van der Waals surface area contributed by atoms with Crippen LogP contribution in [0, 0.1) is 0 Å². The van der Waals surface area contributed by atoms with Crippen molar-refractivity contribution in [3.8, 4) is 17.1 Å². The van der Waals surface area contributed by atoms with Crippen molar-refractivity contribution in [2.24, 2.45) is 0 Å². The maximum atomic E-state index is 5.19. The maximum Gasteiger partial charge on any atom is 0.213 e. The molecular weight excluding hydrogens is 260 g/mol. The van der Waals surface area contributed by atoms with Gasteiger partial charge in [0.25, 0.3) is 0 Å². The lowest BCUT2D eigenvalue weighted by atomic mass is 10.0. The molecule has 21 heavy (non-hydrogen) atoms. The van der Waals surface area contributed by atoms with Crippen molar-refractivity contribution in [1.29, 1.82) is 0 Å². The van der Waals surface area contributed by atoms with E-state index in [-0.39, 0.29) is 0 Å². The van der Waals surface area contributed by atoms with Crippen molar-refractivity contribution >= 4 is 0 Å². The lowest BCUT2D eigenvalue weighted by molar-refractivity contribution is 0.263. The lowest BCUT2D eigenvalue weighted by Crippen LogP contribution is -2.23. The van der Waals surface area contributed by atoms with Gasteiger partial charge in [0.05, 0.1) is 12.8 Å². The molecule has 0 unspecified atom stereocenters. The predicted octanol–water partition coefficient (Wildman–Crippen LogP) is 3.91. The molecule has 2 aromatic rings. The van der Waals surface area contributed by atoms with Gasteiger partial charge < -0.3 is 4.74 Å². The zero-order chi connectivity index (χ0) is 14.7. The third kappa shape index (κ3) is 3.08. The largest absolute Gasteiger partial charge is 0.481 e. The van der Waals surface area contributed by atoms with Crippen LogP contribution in [0.15, 0.2) is 42.5 Å². The van der Waals surface area contributed by atoms with Gasteiger partial charge in [-0.15, -0.1) is 0 Å². The Labute approximate surface area is 126 Å². The number of nitrogens with zero attached hydrogens (tertiary/aromatic N) is 2. The second-order valence-electron chi connectivity index (χ2n) is 5.61. The summed E-state index contributed by atoms with van der Waals surface area (Å²) in [6.07, 6.45) is 2.66. The number of methoxy groups -OCH3 is 1. The molecule has 0 saturated carbocycles. The molecule has 1 aromatic carbocycles. The van der Waals surface area contributed by atoms with E-state index in [2.05, 4.69) is 41.1 Å². The molecule has 0 spiro atoms. The molecular formula is C18H22N2O. The van der Waals surface area contributed by atoms with E-state index >= 15 is 0 Å². The van der Waals surface area contributed by atoms with E-state index in [1.807, 2.05) is 18.2 Å². The minimum atomic E-state index is 0.500. The van der Waals surface area contributed by atoms with Gasteiger partial charge in [0.15, 0.2) is 0 Å². The van der Waals surface area contributed by atoms with E-state index < -0.39 is 0 Å². The molecule has 110 valence electrons. The van der Waals surface area contributed by atoms with E-state index in [9.17, 15) is 0 Å². The number of likely N-dealkylation sites (tertiary alicyclic amines) is 1. The van der Waals surface area contributed by atoms with Crippen molar-refractivity contribution < 1.29 is 4.74 Å². The van der Waals surface area contributed by atoms with Gasteiger partial charge in [0.1, 0.15) is 0 Å². The molecule has 0 bridgehead atoms. The molecule has 3 rings (SSSR count). The number of hydrogen-bond donors (Lipinski definition) is 0. The van der Waals surface area contributed by atoms with Crippen molar-refractivity contribution in [3.63, 3.8) is 0 Å². The lowest BCUT2D eigenvalue weighted by Gasteiger charge is -2.24. The van der Waals surface area contributed by atoms with Crippen molar-refractivity contribution in [2.45, 2.75) is 25.8 Å². The van der Waals surface area contributed by atoms with Crippen LogP contribution < -0.4 is 4.74 Å². The average Bonchev–Trinajstić information content (AvgIpc) is 3.09. The molecule has 3 nitrogen and oxygen atoms in total. The average molecular weight is 282 g/mol. The van der Waals surface area contributed by atoms with Crippen LogP contribution in [0.2, 0.25) is 0 Å². The van der Waals surface area contributed by atoms with Crippen molar-refractivity contribution in [1.82, 2.24) is 9.88 Å². The molecule has 3 heteroatoms. The normalized spacial score (nSPS) is 16.9. The van der Waals surface area contributed by atoms with Gasteiger partial charge in [-0.2, -0.15) is 0 Å². The predicted molar refractivity (Wildman–Crippen MR) is 85.4 cm³/mol. The Morgan fingerprint density at radius 2 is 1.76 bits per heavy atom. The highest BCUT2D eigenvalue weighted by atomic mass is 16.5. The summed E-state index contributed by atoms with van der Waals surface area (Å²) in [4.78, 5) is 7.04. The van der Waals surface area contributed by atoms with Crippen LogP contribution >= 0.6 is 0 Å². The third-order valence-electron chi connectivity index (χ3n) is 4.31. The number of rotatable bonds is 4. The Morgan fingerprint density at radius 1 is 1.05 bits per heavy atom. The standard InChI is InChI=1S/C18H22N2O/c1-14(20-12-3-4-13-20)15-8-10-16(11-9-15)17-6-5-7-18(19-17)21-2/h5-11,14H,3-4,12-13H2,1-2H3/t14-/m1/s1. The van der Waals surface area contributed by atoms with Crippen LogP contribution in [-0.2, 0) is 0 Å². The van der Waals surface area contributed by atoms with E-state index in [0.717, 1.165) is 11.3 Å². The number of benzene rings is 1. The highest BCUT2D eigenvalue weighted by Crippen LogP contribution is 2.27. The molecule has 0 amide bonds. The molecule has 1 atom stereocenters. The Hall–Kier alpha value is -1.87. The van der Waals surface area contributed by atoms with E-state index in [0.29, 0.717) is 11.9 Å². The first kappa shape index (κ1) is 14.1. The molecule has 1 aliphatic rings. The van der Waals surface area contributed by atoms with Gasteiger partial charge in [-0.1, -0.05) is 30.3 Å². The minimum absolute atomic E-state index is 0.500. The monoisotopic (exact) mass is 282 g/mol. The Kier molecular flexibility index (Phi) is 4.20. The Bertz CT molecular complexity index is 588. The van der Waals surface area contributed by atoms with Crippen LogP contribution in [0.5, 0.6) is 5.88 Å². The topological polar surface area (TPSA) is 25.4 Å². The number of ether oxygens (including phenoxy) is 1. The summed E-state index contributed by atoms with van der Waals surface area (Å²) in [7, 11) is 1.65. The first-order valence-electron chi connectivity index (χ1n) is 7.63. The molecule has 0 N–H and O–H groups in total. The van der Waals surface area contributed by atoms with Crippen LogP contribution in [0.3, 0.4) is 0 Å². The number of hydrogen-bond acceptors (Lipinski definition) is 3. The highest BCUT2D eigenvalue weighted by Gasteiger charge is 2.19. The summed E-state index contributed by atoms with van der Waals surface area (Å²) in [6, 6.07) is 15.1. The molecule has 1 saturated heterocycles. The maximum absolute atomic E-state index is 5.19. The zero-order valence-electron chi connectivity index (χ0n) is 12.7. The second kappa shape index (κ2) is 6.27. The molecule has 1 fully saturated rings. The summed E-state index contributed by atoms with van der Waals surface area (Å²) in [5.41, 5.74) is 3.46. The van der Waals surface area contributed by atoms with Gasteiger partial charge in [-0.05, 0) is 44.5 Å². The second-order valence-corrected chi connectivity index (χ2v) is 5.61. The summed E-state index contributed by atoms with van der Waals surface area (Å²) in [6.45, 7) is 4.74. The van der Waals surface area contributed by atoms with Crippen LogP contribution in [0.1, 0.15) is 31.4 Å². The molecule has 0 radical (unpaired) electrons. The van der Waals surface area contributed by atoms with Crippen molar-refractivity contribution in [2.75, 3.05) is 20.2 Å². The van der Waals surface area contributed by atoms with Gasteiger partial charge in [-0.25, -0.2) is 4.98 Å². The quantitative estimate of drug-likeness (QED) is 0.850. The van der Waals surface area contributed by atoms with Crippen molar-refractivity contribution in [3.05, 3.63) is 48.0 Å². The first-order chi connectivity index (χ1) is 10.3. The van der Waals surface area contributed by atoms with Gasteiger partial charge >= 0.3 is 0 Å². The smallest absolute Gasteiger partial charge is 0.213 e. The summed E-state index contributed by atoms with van der Waals surface area (Å²) >= 11 is 0. The summed E-state index contributed by atoms with van der Waals surface area (Å²) in [5.74, 6) is 0.655. The minimum Gasteiger partial charge on any atom is -0.481 e. The zero-order valence-corrected chi connectivity index (χ0v) is 12.7. The Balaban J connectivity index is 1.79. The first-order valence-corrected chi connectivity index (χ1v) is 7.63. The fraction of sp³-hybridized carbons (Fsp3) is 0.389. The molecule has 2 heterocycles. The van der Waals surface area contributed by atoms with Crippen LogP contribution in [-0.4, -0.2) is 30.1 Å². The Morgan fingerprint density at radius 3 is 2.43 bits per heavy atom. The third-order valence-corrected chi connectivity index (χ3v) is 4.31. The fourth-order valence-electron chi connectivity index (χ4n) is 2.96. The fourth-order valence-corrected chi connectivity index (χ4v) is 2.96. The van der Waals surface area contributed by atoms with E-state index in [1.54, 1.807) is 7.11 Å². The molecule has 1 aliphatic heterocycles. The van der Waals surface area contributed by atoms with Gasteiger partial charge in [-0.3, -0.25) is 4.90 Å². The number of aromatic nitrogens is 1. The highest BCUT2D eigenvalue weighted by molar-refractivity contribution is 5.60. The van der Waals surface area contributed by atoms with Crippen LogP contribution in [0.25, 0.3) is 11.3 Å². The number of pyridine rings is 1. The summed E-state index contributed by atoms with van der Waals surface area (Å²) in [5, 5.41) is 0. The molecule has 0 aliphatic carbocycles. The van der Waals surface area contributed by atoms with Gasteiger partial charge in [0, 0.05) is 17.7 Å². The van der Waals surface area contributed by atoms with E-state index in [1.165, 1.54) is 31.5 Å². The summed E-state index contributed by atoms with van der Waals surface area (Å²) < 4.78 is 5.19. The van der Waals surface area contributed by atoms with Gasteiger partial charge in [0.2, 0.25) is 5.88 Å². The molecule has 1 aromatic heterocycles. The van der Waals surface area contributed by atoms with Crippen LogP contribution in [0.4, 0.5) is 0 Å². The SMILES string of the molecule is COc1cccc(-c2ccc([C@@H](C)N3CCCC3)cc2)n1.